The lowest BCUT2D eigenvalue weighted by Crippen LogP contribution is -2.41. The van der Waals surface area contributed by atoms with Crippen LogP contribution in [0.4, 0.5) is 4.79 Å². The normalized spacial score (nSPS) is 11.1. The van der Waals surface area contributed by atoms with Crippen molar-refractivity contribution in [2.24, 2.45) is 0 Å². The highest BCUT2D eigenvalue weighted by molar-refractivity contribution is 5.68. The predicted molar refractivity (Wildman–Crippen MR) is 133 cm³/mol. The maximum absolute atomic E-state index is 11.7. The maximum Gasteiger partial charge on any atom is 0.407 e. The third-order valence-corrected chi connectivity index (χ3v) is 4.75. The highest BCUT2D eigenvalue weighted by Crippen LogP contribution is 2.29. The van der Waals surface area contributed by atoms with Gasteiger partial charge >= 0.3 is 6.09 Å². The molecule has 0 saturated heterocycles. The summed E-state index contributed by atoms with van der Waals surface area (Å²) < 4.78 is 28.7. The maximum atomic E-state index is 11.7. The van der Waals surface area contributed by atoms with Crippen LogP contribution in [0.25, 0.3) is 16.9 Å². The number of hydrogen-bond donors (Lipinski definition) is 1. The minimum atomic E-state index is -0.466. The molecule has 0 aliphatic carbocycles. The molecule has 9 heteroatoms. The van der Waals surface area contributed by atoms with Crippen LogP contribution in [-0.2, 0) is 9.47 Å². The number of carbonyl (C=O) groups is 1. The van der Waals surface area contributed by atoms with E-state index in [4.69, 9.17) is 23.7 Å². The zero-order valence-corrected chi connectivity index (χ0v) is 20.9. The van der Waals surface area contributed by atoms with Gasteiger partial charge in [0.25, 0.3) is 0 Å². The van der Waals surface area contributed by atoms with Crippen molar-refractivity contribution in [3.8, 4) is 34.3 Å². The Morgan fingerprint density at radius 1 is 0.886 bits per heavy atom. The van der Waals surface area contributed by atoms with Crippen LogP contribution >= 0.6 is 0 Å². The Morgan fingerprint density at radius 2 is 1.54 bits per heavy atom. The Balaban J connectivity index is 1.69. The average molecular weight is 484 g/mol. The molecule has 2 aromatic carbocycles. The van der Waals surface area contributed by atoms with Crippen molar-refractivity contribution >= 4 is 6.09 Å². The first-order valence-electron chi connectivity index (χ1n) is 11.3. The first kappa shape index (κ1) is 25.9. The van der Waals surface area contributed by atoms with Crippen molar-refractivity contribution in [3.63, 3.8) is 0 Å². The number of nitrogens with one attached hydrogen (secondary N) is 1. The van der Waals surface area contributed by atoms with Gasteiger partial charge in [0.1, 0.15) is 31.3 Å². The molecule has 0 saturated carbocycles. The molecule has 0 aliphatic rings. The van der Waals surface area contributed by atoms with E-state index in [0.717, 1.165) is 22.7 Å². The Labute approximate surface area is 205 Å². The summed E-state index contributed by atoms with van der Waals surface area (Å²) >= 11 is 0. The summed E-state index contributed by atoms with van der Waals surface area (Å²) in [5.41, 5.74) is 2.31. The van der Waals surface area contributed by atoms with Gasteiger partial charge in [-0.2, -0.15) is 0 Å². The highest BCUT2D eigenvalue weighted by atomic mass is 16.6. The SMILES string of the molecule is COCCOc1cc(-c2ccc(OCCOC(=O)NC(C)(C)C)cc2)n(-c2ccc(OC)cc2)n1. The summed E-state index contributed by atoms with van der Waals surface area (Å²) in [7, 11) is 3.26. The summed E-state index contributed by atoms with van der Waals surface area (Å²) in [5.74, 6) is 1.93. The minimum Gasteiger partial charge on any atom is -0.497 e. The summed E-state index contributed by atoms with van der Waals surface area (Å²) in [4.78, 5) is 11.7. The lowest BCUT2D eigenvalue weighted by molar-refractivity contribution is 0.118. The fraction of sp³-hybridized carbons (Fsp3) is 0.385. The van der Waals surface area contributed by atoms with E-state index in [-0.39, 0.29) is 18.8 Å². The first-order chi connectivity index (χ1) is 16.8. The number of hydrogen-bond acceptors (Lipinski definition) is 7. The number of benzene rings is 2. The number of ether oxygens (including phenoxy) is 5. The molecule has 0 bridgehead atoms. The fourth-order valence-corrected chi connectivity index (χ4v) is 3.14. The average Bonchev–Trinajstić information content (AvgIpc) is 3.25. The Bertz CT molecular complexity index is 1070. The minimum absolute atomic E-state index is 0.149. The lowest BCUT2D eigenvalue weighted by atomic mass is 10.1. The quantitative estimate of drug-likeness (QED) is 0.402. The molecule has 3 rings (SSSR count). The van der Waals surface area contributed by atoms with Crippen LogP contribution in [0.2, 0.25) is 0 Å². The summed E-state index contributed by atoms with van der Waals surface area (Å²) in [5, 5.41) is 7.36. The molecule has 0 fully saturated rings. The van der Waals surface area contributed by atoms with Crippen LogP contribution in [0.15, 0.2) is 54.6 Å². The van der Waals surface area contributed by atoms with E-state index in [1.807, 2.05) is 80.1 Å². The number of amides is 1. The summed E-state index contributed by atoms with van der Waals surface area (Å²) in [6.07, 6.45) is -0.466. The molecular weight excluding hydrogens is 450 g/mol. The fourth-order valence-electron chi connectivity index (χ4n) is 3.14. The number of carbonyl (C=O) groups excluding carboxylic acids is 1. The smallest absolute Gasteiger partial charge is 0.407 e. The van der Waals surface area contributed by atoms with Crippen LogP contribution in [0.3, 0.4) is 0 Å². The van der Waals surface area contributed by atoms with Gasteiger partial charge in [0.15, 0.2) is 0 Å². The van der Waals surface area contributed by atoms with Gasteiger partial charge in [0.05, 0.1) is 25.1 Å². The van der Waals surface area contributed by atoms with Crippen molar-refractivity contribution in [2.45, 2.75) is 26.3 Å². The van der Waals surface area contributed by atoms with Gasteiger partial charge in [-0.25, -0.2) is 9.48 Å². The topological polar surface area (TPSA) is 93.1 Å². The Hall–Kier alpha value is -3.72. The lowest BCUT2D eigenvalue weighted by Gasteiger charge is -2.19. The van der Waals surface area contributed by atoms with Gasteiger partial charge in [-0.15, -0.1) is 5.10 Å². The van der Waals surface area contributed by atoms with Gasteiger partial charge in [0.2, 0.25) is 5.88 Å². The molecule has 0 aliphatic heterocycles. The van der Waals surface area contributed by atoms with Crippen molar-refractivity contribution in [1.29, 1.82) is 0 Å². The van der Waals surface area contributed by atoms with E-state index >= 15 is 0 Å². The molecule has 1 aromatic heterocycles. The van der Waals surface area contributed by atoms with E-state index < -0.39 is 6.09 Å². The van der Waals surface area contributed by atoms with E-state index in [9.17, 15) is 4.79 Å². The number of nitrogens with zero attached hydrogens (tertiary/aromatic N) is 2. The zero-order valence-electron chi connectivity index (χ0n) is 20.9. The van der Waals surface area contributed by atoms with Gasteiger partial charge in [-0.05, 0) is 69.3 Å². The molecule has 0 spiro atoms. The monoisotopic (exact) mass is 483 g/mol. The highest BCUT2D eigenvalue weighted by Gasteiger charge is 2.15. The van der Waals surface area contributed by atoms with Crippen LogP contribution in [0.5, 0.6) is 17.4 Å². The molecule has 0 radical (unpaired) electrons. The molecule has 3 aromatic rings. The predicted octanol–water partition coefficient (Wildman–Crippen LogP) is 4.48. The molecule has 1 N–H and O–H groups in total. The standard InChI is InChI=1S/C26H33N3O6/c1-26(2,3)27-25(30)35-17-16-33-22-10-6-19(7-11-22)23-18-24(34-15-14-31-4)28-29(23)20-8-12-21(32-5)13-9-20/h6-13,18H,14-17H2,1-5H3,(H,27,30). The van der Waals surface area contributed by atoms with Crippen molar-refractivity contribution < 1.29 is 28.5 Å². The van der Waals surface area contributed by atoms with Gasteiger partial charge in [-0.1, -0.05) is 0 Å². The third-order valence-electron chi connectivity index (χ3n) is 4.75. The summed E-state index contributed by atoms with van der Waals surface area (Å²) in [6.45, 7) is 6.94. The van der Waals surface area contributed by atoms with Crippen LogP contribution in [-0.4, -0.2) is 62.1 Å². The summed E-state index contributed by atoms with van der Waals surface area (Å²) in [6, 6.07) is 17.1. The van der Waals surface area contributed by atoms with Gasteiger partial charge in [0, 0.05) is 24.3 Å². The molecule has 1 heterocycles. The third kappa shape index (κ3) is 7.92. The number of alkyl carbamates (subject to hydrolysis) is 1. The Kier molecular flexibility index (Phi) is 8.97. The van der Waals surface area contributed by atoms with Crippen molar-refractivity contribution in [3.05, 3.63) is 54.6 Å². The van der Waals surface area contributed by atoms with Crippen molar-refractivity contribution in [2.75, 3.05) is 40.6 Å². The van der Waals surface area contributed by atoms with E-state index in [0.29, 0.717) is 24.8 Å². The number of rotatable bonds is 11. The van der Waals surface area contributed by atoms with E-state index in [2.05, 4.69) is 10.4 Å². The van der Waals surface area contributed by atoms with Crippen molar-refractivity contribution in [1.82, 2.24) is 15.1 Å². The molecule has 0 atom stereocenters. The second-order valence-corrected chi connectivity index (χ2v) is 8.70. The van der Waals surface area contributed by atoms with E-state index in [1.54, 1.807) is 14.2 Å². The molecule has 1 amide bonds. The number of aromatic nitrogens is 2. The molecular formula is C26H33N3O6. The molecule has 0 unspecified atom stereocenters. The molecule has 35 heavy (non-hydrogen) atoms. The zero-order chi connectivity index (χ0) is 25.3. The van der Waals surface area contributed by atoms with E-state index in [1.165, 1.54) is 0 Å². The molecule has 188 valence electrons. The number of methoxy groups -OCH3 is 2. The Morgan fingerprint density at radius 3 is 2.17 bits per heavy atom. The first-order valence-corrected chi connectivity index (χ1v) is 11.3. The van der Waals surface area contributed by atoms with Crippen LogP contribution in [0, 0.1) is 0 Å². The largest absolute Gasteiger partial charge is 0.497 e. The second-order valence-electron chi connectivity index (χ2n) is 8.70. The molecule has 9 nitrogen and oxygen atoms in total. The van der Waals surface area contributed by atoms with Gasteiger partial charge in [-0.3, -0.25) is 0 Å². The van der Waals surface area contributed by atoms with Gasteiger partial charge < -0.3 is 29.0 Å². The van der Waals surface area contributed by atoms with Crippen LogP contribution < -0.4 is 19.5 Å². The second kappa shape index (κ2) is 12.1. The van der Waals surface area contributed by atoms with Crippen LogP contribution in [0.1, 0.15) is 20.8 Å².